The predicted octanol–water partition coefficient (Wildman–Crippen LogP) is 3.99. The Bertz CT molecular complexity index is 358. The van der Waals surface area contributed by atoms with Crippen molar-refractivity contribution < 1.29 is 10.2 Å². The fourth-order valence-electron chi connectivity index (χ4n) is 2.21. The molecule has 100 valence electrons. The van der Waals surface area contributed by atoms with Crippen LogP contribution in [-0.2, 0) is 0 Å². The van der Waals surface area contributed by atoms with Crippen LogP contribution in [0.15, 0.2) is 36.4 Å². The molecule has 0 bridgehead atoms. The summed E-state index contributed by atoms with van der Waals surface area (Å²) in [6.45, 7) is 2.28. The average molecular weight is 248 g/mol. The van der Waals surface area contributed by atoms with E-state index in [1.165, 1.54) is 19.3 Å². The van der Waals surface area contributed by atoms with Gasteiger partial charge in [-0.1, -0.05) is 56.5 Å². The fraction of sp³-hybridized carbons (Fsp3) is 0.500. The molecule has 1 aromatic carbocycles. The third-order valence-electron chi connectivity index (χ3n) is 3.23. The van der Waals surface area contributed by atoms with E-state index in [1.54, 1.807) is 12.1 Å². The second-order valence-corrected chi connectivity index (χ2v) is 4.64. The van der Waals surface area contributed by atoms with Gasteiger partial charge in [0.1, 0.15) is 5.75 Å². The smallest absolute Gasteiger partial charge is 0.119 e. The topological polar surface area (TPSA) is 40.5 Å². The molecule has 1 atom stereocenters. The van der Waals surface area contributed by atoms with E-state index in [0.29, 0.717) is 11.7 Å². The summed E-state index contributed by atoms with van der Waals surface area (Å²) in [5.41, 5.74) is 1.02. The summed E-state index contributed by atoms with van der Waals surface area (Å²) < 4.78 is 0. The second kappa shape index (κ2) is 8.76. The molecule has 0 spiro atoms. The highest BCUT2D eigenvalue weighted by Crippen LogP contribution is 2.32. The molecule has 2 heteroatoms. The number of para-hydroxylation sites is 1. The monoisotopic (exact) mass is 248 g/mol. The lowest BCUT2D eigenvalue weighted by atomic mass is 9.89. The highest BCUT2D eigenvalue weighted by Gasteiger charge is 2.13. The number of allylic oxidation sites excluding steroid dienone is 1. The molecule has 1 rings (SSSR count). The van der Waals surface area contributed by atoms with Crippen LogP contribution in [0, 0.1) is 0 Å². The Morgan fingerprint density at radius 3 is 2.61 bits per heavy atom. The lowest BCUT2D eigenvalue weighted by Crippen LogP contribution is -1.98. The summed E-state index contributed by atoms with van der Waals surface area (Å²) in [5.74, 6) is 0.733. The predicted molar refractivity (Wildman–Crippen MR) is 75.8 cm³/mol. The molecule has 2 N–H and O–H groups in total. The van der Waals surface area contributed by atoms with Crippen LogP contribution in [-0.4, -0.2) is 16.8 Å². The van der Waals surface area contributed by atoms with Crippen molar-refractivity contribution in [1.82, 2.24) is 0 Å². The molecule has 0 aromatic heterocycles. The number of phenols is 1. The van der Waals surface area contributed by atoms with Gasteiger partial charge in [0, 0.05) is 0 Å². The molecule has 0 fully saturated rings. The summed E-state index contributed by atoms with van der Waals surface area (Å²) in [6, 6.07) is 7.57. The Morgan fingerprint density at radius 2 is 1.94 bits per heavy atom. The van der Waals surface area contributed by atoms with Crippen molar-refractivity contribution in [2.75, 3.05) is 6.61 Å². The standard InChI is InChI=1S/C16H24O2/c1-2-3-4-9-14(10-7-8-13-17)15-11-5-6-12-16(15)18/h5-8,11-12,14,17-18H,2-4,9-10,13H2,1H3/b8-7+. The zero-order valence-corrected chi connectivity index (χ0v) is 11.2. The molecule has 1 unspecified atom stereocenters. The van der Waals surface area contributed by atoms with Crippen molar-refractivity contribution in [3.8, 4) is 5.75 Å². The fourth-order valence-corrected chi connectivity index (χ4v) is 2.21. The van der Waals surface area contributed by atoms with E-state index in [4.69, 9.17) is 5.11 Å². The minimum atomic E-state index is 0.0858. The Labute approximate surface area is 110 Å². The summed E-state index contributed by atoms with van der Waals surface area (Å²) >= 11 is 0. The van der Waals surface area contributed by atoms with Gasteiger partial charge in [-0.2, -0.15) is 0 Å². The minimum Gasteiger partial charge on any atom is -0.508 e. The van der Waals surface area contributed by atoms with E-state index in [1.807, 2.05) is 24.3 Å². The van der Waals surface area contributed by atoms with Crippen molar-refractivity contribution >= 4 is 0 Å². The molecular weight excluding hydrogens is 224 g/mol. The van der Waals surface area contributed by atoms with Gasteiger partial charge in [0.2, 0.25) is 0 Å². The molecule has 0 aliphatic heterocycles. The zero-order valence-electron chi connectivity index (χ0n) is 11.2. The van der Waals surface area contributed by atoms with Crippen LogP contribution in [0.1, 0.15) is 50.5 Å². The molecule has 18 heavy (non-hydrogen) atoms. The van der Waals surface area contributed by atoms with Gasteiger partial charge in [-0.15, -0.1) is 0 Å². The number of aromatic hydroxyl groups is 1. The number of hydrogen-bond donors (Lipinski definition) is 2. The molecule has 2 nitrogen and oxygen atoms in total. The van der Waals surface area contributed by atoms with E-state index in [9.17, 15) is 5.11 Å². The van der Waals surface area contributed by atoms with Gasteiger partial charge in [0.25, 0.3) is 0 Å². The van der Waals surface area contributed by atoms with Crippen molar-refractivity contribution in [2.45, 2.75) is 44.9 Å². The number of rotatable bonds is 8. The first-order chi connectivity index (χ1) is 8.79. The first-order valence-electron chi connectivity index (χ1n) is 6.83. The van der Waals surface area contributed by atoms with E-state index in [-0.39, 0.29) is 6.61 Å². The molecule has 0 heterocycles. The van der Waals surface area contributed by atoms with Gasteiger partial charge in [0.15, 0.2) is 0 Å². The summed E-state index contributed by atoms with van der Waals surface area (Å²) in [4.78, 5) is 0. The van der Waals surface area contributed by atoms with Crippen LogP contribution in [0.25, 0.3) is 0 Å². The van der Waals surface area contributed by atoms with Gasteiger partial charge in [-0.3, -0.25) is 0 Å². The normalized spacial score (nSPS) is 13.0. The summed E-state index contributed by atoms with van der Waals surface area (Å²) in [6.07, 6.45) is 9.36. The van der Waals surface area contributed by atoms with Gasteiger partial charge in [-0.25, -0.2) is 0 Å². The lowest BCUT2D eigenvalue weighted by Gasteiger charge is -2.16. The van der Waals surface area contributed by atoms with Crippen molar-refractivity contribution in [2.24, 2.45) is 0 Å². The maximum Gasteiger partial charge on any atom is 0.119 e. The maximum absolute atomic E-state index is 9.92. The van der Waals surface area contributed by atoms with Gasteiger partial charge in [0.05, 0.1) is 6.61 Å². The Balaban J connectivity index is 2.69. The second-order valence-electron chi connectivity index (χ2n) is 4.64. The quantitative estimate of drug-likeness (QED) is 0.539. The number of unbranched alkanes of at least 4 members (excludes halogenated alkanes) is 2. The maximum atomic E-state index is 9.92. The average Bonchev–Trinajstić information content (AvgIpc) is 2.38. The van der Waals surface area contributed by atoms with Crippen molar-refractivity contribution in [3.05, 3.63) is 42.0 Å². The highest BCUT2D eigenvalue weighted by molar-refractivity contribution is 5.35. The van der Waals surface area contributed by atoms with Crippen LogP contribution in [0.2, 0.25) is 0 Å². The molecule has 1 aromatic rings. The Morgan fingerprint density at radius 1 is 1.17 bits per heavy atom. The van der Waals surface area contributed by atoms with E-state index < -0.39 is 0 Å². The molecule has 0 saturated heterocycles. The molecule has 0 saturated carbocycles. The largest absolute Gasteiger partial charge is 0.508 e. The van der Waals surface area contributed by atoms with Gasteiger partial charge < -0.3 is 10.2 Å². The van der Waals surface area contributed by atoms with Crippen LogP contribution in [0.4, 0.5) is 0 Å². The number of benzene rings is 1. The number of phenolic OH excluding ortho intramolecular Hbond substituents is 1. The van der Waals surface area contributed by atoms with Crippen molar-refractivity contribution in [1.29, 1.82) is 0 Å². The lowest BCUT2D eigenvalue weighted by molar-refractivity contribution is 0.342. The van der Waals surface area contributed by atoms with E-state index in [0.717, 1.165) is 18.4 Å². The number of aliphatic hydroxyl groups is 1. The van der Waals surface area contributed by atoms with E-state index in [2.05, 4.69) is 6.92 Å². The SMILES string of the molecule is CCCCCC(C/C=C/CO)c1ccccc1O. The zero-order chi connectivity index (χ0) is 13.2. The molecule has 0 aliphatic rings. The number of hydrogen-bond acceptors (Lipinski definition) is 2. The molecule has 0 radical (unpaired) electrons. The third kappa shape index (κ3) is 4.92. The minimum absolute atomic E-state index is 0.0858. The van der Waals surface area contributed by atoms with Crippen molar-refractivity contribution in [3.63, 3.8) is 0 Å². The first kappa shape index (κ1) is 14.8. The van der Waals surface area contributed by atoms with Gasteiger partial charge in [-0.05, 0) is 30.4 Å². The first-order valence-corrected chi connectivity index (χ1v) is 6.83. The molecular formula is C16H24O2. The molecule has 0 amide bonds. The van der Waals surface area contributed by atoms with E-state index >= 15 is 0 Å². The summed E-state index contributed by atoms with van der Waals surface area (Å²) in [5, 5.41) is 18.7. The van der Waals surface area contributed by atoms with Crippen LogP contribution in [0.3, 0.4) is 0 Å². The number of aliphatic hydroxyl groups excluding tert-OH is 1. The van der Waals surface area contributed by atoms with Gasteiger partial charge >= 0.3 is 0 Å². The highest BCUT2D eigenvalue weighted by atomic mass is 16.3. The molecule has 0 aliphatic carbocycles. The van der Waals surface area contributed by atoms with Crippen LogP contribution >= 0.6 is 0 Å². The Hall–Kier alpha value is -1.28. The summed E-state index contributed by atoms with van der Waals surface area (Å²) in [7, 11) is 0. The van der Waals surface area contributed by atoms with Crippen LogP contribution < -0.4 is 0 Å². The third-order valence-corrected chi connectivity index (χ3v) is 3.23. The Kier molecular flexibility index (Phi) is 7.19. The van der Waals surface area contributed by atoms with Crippen LogP contribution in [0.5, 0.6) is 5.75 Å².